The van der Waals surface area contributed by atoms with Crippen LogP contribution in [0.25, 0.3) is 0 Å². The van der Waals surface area contributed by atoms with Crippen LogP contribution in [0.5, 0.6) is 5.75 Å². The summed E-state index contributed by atoms with van der Waals surface area (Å²) in [6.45, 7) is 0. The molecule has 0 saturated heterocycles. The highest BCUT2D eigenvalue weighted by atomic mass is 28.2. The number of phenols is 1. The molecular formula is C7H6N2O2Si. The number of benzene rings is 1. The van der Waals surface area contributed by atoms with E-state index in [1.165, 1.54) is 6.21 Å². The van der Waals surface area contributed by atoms with Crippen LogP contribution in [0.3, 0.4) is 0 Å². The second-order valence-corrected chi connectivity index (χ2v) is 2.38. The molecule has 0 radical (unpaired) electrons. The fraction of sp³-hybridized carbons (Fsp3) is 0. The number of aromatic hydroxyl groups is 1. The van der Waals surface area contributed by atoms with Gasteiger partial charge in [0.1, 0.15) is 5.75 Å². The number of hydrogen-bond donors (Lipinski definition) is 1. The lowest BCUT2D eigenvalue weighted by Crippen LogP contribution is -1.79. The maximum atomic E-state index is 9.89. The van der Waals surface area contributed by atoms with Crippen LogP contribution in [-0.2, 0) is 4.46 Å². The van der Waals surface area contributed by atoms with E-state index in [1.54, 1.807) is 24.3 Å². The Morgan fingerprint density at radius 3 is 2.83 bits per heavy atom. The summed E-state index contributed by atoms with van der Waals surface area (Å²) >= 11 is 0. The molecule has 12 heavy (non-hydrogen) atoms. The molecule has 4 nitrogen and oxygen atoms in total. The summed E-state index contributed by atoms with van der Waals surface area (Å²) in [4.78, 5) is 0. The highest BCUT2D eigenvalue weighted by Crippen LogP contribution is 2.12. The zero-order valence-electron chi connectivity index (χ0n) is 6.14. The summed E-state index contributed by atoms with van der Waals surface area (Å²) in [7, 11) is -0.798. The quantitative estimate of drug-likeness (QED) is 0.416. The minimum atomic E-state index is -0.798. The van der Waals surface area contributed by atoms with Crippen LogP contribution >= 0.6 is 0 Å². The van der Waals surface area contributed by atoms with Gasteiger partial charge in [-0.2, -0.15) is 5.10 Å². The summed E-state index contributed by atoms with van der Waals surface area (Å²) < 4.78 is 13.1. The van der Waals surface area contributed by atoms with Gasteiger partial charge in [0.15, 0.2) is 0 Å². The summed E-state index contributed by atoms with van der Waals surface area (Å²) in [6.07, 6.45) is 1.35. The van der Waals surface area contributed by atoms with Gasteiger partial charge < -0.3 is 5.11 Å². The molecule has 0 unspecified atom stereocenters. The van der Waals surface area contributed by atoms with Crippen molar-refractivity contribution in [2.75, 3.05) is 0 Å². The Morgan fingerprint density at radius 2 is 2.17 bits per heavy atom. The highest BCUT2D eigenvalue weighted by Gasteiger charge is 1.92. The molecule has 0 fully saturated rings. The van der Waals surface area contributed by atoms with Crippen LogP contribution in [0.2, 0.25) is 0 Å². The smallest absolute Gasteiger partial charge is 0.414 e. The first-order valence-corrected chi connectivity index (χ1v) is 4.08. The van der Waals surface area contributed by atoms with Crippen LogP contribution in [0, 0.1) is 0 Å². The van der Waals surface area contributed by atoms with Gasteiger partial charge in [0.2, 0.25) is 0 Å². The van der Waals surface area contributed by atoms with Gasteiger partial charge in [0, 0.05) is 5.56 Å². The number of hydrogen-bond acceptors (Lipinski definition) is 4. The van der Waals surface area contributed by atoms with Gasteiger partial charge in [-0.05, 0) is 12.1 Å². The molecule has 0 heterocycles. The minimum Gasteiger partial charge on any atom is -0.507 e. The van der Waals surface area contributed by atoms with Gasteiger partial charge in [0.25, 0.3) is 0 Å². The number of rotatable bonds is 2. The molecule has 0 saturated carbocycles. The van der Waals surface area contributed by atoms with Gasteiger partial charge in [-0.15, -0.1) is 4.74 Å². The number of nitrogens with zero attached hydrogens (tertiary/aromatic N) is 2. The first-order valence-electron chi connectivity index (χ1n) is 3.23. The molecule has 1 aromatic rings. The van der Waals surface area contributed by atoms with Crippen molar-refractivity contribution in [3.05, 3.63) is 29.8 Å². The Labute approximate surface area is 71.2 Å². The van der Waals surface area contributed by atoms with E-state index < -0.39 is 9.20 Å². The van der Waals surface area contributed by atoms with E-state index in [0.29, 0.717) is 5.56 Å². The highest BCUT2D eigenvalue weighted by molar-refractivity contribution is 6.01. The average Bonchev–Trinajstić information content (AvgIpc) is 2.09. The largest absolute Gasteiger partial charge is 0.507 e. The Morgan fingerprint density at radius 1 is 1.42 bits per heavy atom. The van der Waals surface area contributed by atoms with Crippen LogP contribution in [-0.4, -0.2) is 20.5 Å². The topological polar surface area (TPSA) is 62.0 Å². The zero-order chi connectivity index (χ0) is 8.81. The van der Waals surface area contributed by atoms with Crippen molar-refractivity contribution >= 4 is 15.4 Å². The Kier molecular flexibility index (Phi) is 3.15. The molecule has 0 aliphatic carbocycles. The van der Waals surface area contributed by atoms with Crippen molar-refractivity contribution in [3.8, 4) is 5.75 Å². The molecule has 5 heteroatoms. The van der Waals surface area contributed by atoms with Gasteiger partial charge in [0.05, 0.1) is 6.21 Å². The third-order valence-corrected chi connectivity index (χ3v) is 1.43. The van der Waals surface area contributed by atoms with E-state index >= 15 is 0 Å². The van der Waals surface area contributed by atoms with Gasteiger partial charge in [-0.3, -0.25) is 4.46 Å². The fourth-order valence-corrected chi connectivity index (χ4v) is 0.816. The van der Waals surface area contributed by atoms with Crippen LogP contribution in [0.4, 0.5) is 0 Å². The minimum absolute atomic E-state index is 0.130. The first kappa shape index (κ1) is 8.60. The Bertz CT molecular complexity index is 345. The zero-order valence-corrected chi connectivity index (χ0v) is 7.14. The molecule has 1 rings (SSSR count). The summed E-state index contributed by atoms with van der Waals surface area (Å²) in [5, 5.41) is 12.7. The van der Waals surface area contributed by atoms with E-state index in [4.69, 9.17) is 0 Å². The van der Waals surface area contributed by atoms with Gasteiger partial charge in [-0.1, -0.05) is 12.1 Å². The molecule has 0 bridgehead atoms. The van der Waals surface area contributed by atoms with Crippen LogP contribution in [0.1, 0.15) is 5.56 Å². The van der Waals surface area contributed by atoms with E-state index in [-0.39, 0.29) is 5.75 Å². The van der Waals surface area contributed by atoms with Crippen molar-refractivity contribution in [2.24, 2.45) is 9.84 Å². The van der Waals surface area contributed by atoms with Crippen molar-refractivity contribution in [3.63, 3.8) is 0 Å². The molecule has 1 aromatic carbocycles. The molecule has 0 aliphatic heterocycles. The van der Waals surface area contributed by atoms with Crippen LogP contribution in [0.15, 0.2) is 34.1 Å². The Balaban J connectivity index is 2.89. The molecule has 0 aliphatic rings. The third-order valence-electron chi connectivity index (χ3n) is 1.23. The normalized spacial score (nSPS) is 9.67. The van der Waals surface area contributed by atoms with E-state index in [1.807, 2.05) is 0 Å². The summed E-state index contributed by atoms with van der Waals surface area (Å²) in [6, 6.07) is 6.70. The third kappa shape index (κ3) is 2.28. The lowest BCUT2D eigenvalue weighted by molar-refractivity contribution is 0.474. The van der Waals surface area contributed by atoms with Gasteiger partial charge >= 0.3 is 9.20 Å². The van der Waals surface area contributed by atoms with Gasteiger partial charge in [-0.25, -0.2) is 0 Å². The van der Waals surface area contributed by atoms with Crippen molar-refractivity contribution in [2.45, 2.75) is 0 Å². The maximum Gasteiger partial charge on any atom is 0.414 e. The second kappa shape index (κ2) is 4.40. The van der Waals surface area contributed by atoms with Crippen LogP contribution < -0.4 is 0 Å². The standard InChI is InChI=1S/C7H6N2O2Si/c10-7-4-2-1-3-6(7)5-8-9-12-11/h1-5,10H. The molecule has 0 spiro atoms. The summed E-state index contributed by atoms with van der Waals surface area (Å²) in [5.41, 5.74) is 0.555. The second-order valence-electron chi connectivity index (χ2n) is 1.99. The SMILES string of the molecule is O=[Si]=NN=Cc1ccccc1O. The molecule has 0 atom stereocenters. The average molecular weight is 178 g/mol. The van der Waals surface area contributed by atoms with Crippen molar-refractivity contribution in [1.82, 2.24) is 0 Å². The summed E-state index contributed by atoms with van der Waals surface area (Å²) in [5.74, 6) is 0.130. The number of para-hydroxylation sites is 1. The lowest BCUT2D eigenvalue weighted by Gasteiger charge is -1.93. The van der Waals surface area contributed by atoms with E-state index in [9.17, 15) is 9.57 Å². The lowest BCUT2D eigenvalue weighted by atomic mass is 10.2. The maximum absolute atomic E-state index is 9.89. The molecule has 1 N–H and O–H groups in total. The predicted molar refractivity (Wildman–Crippen MR) is 44.6 cm³/mol. The first-order chi connectivity index (χ1) is 5.84. The fourth-order valence-electron chi connectivity index (χ4n) is 0.711. The van der Waals surface area contributed by atoms with Crippen molar-refractivity contribution < 1.29 is 9.57 Å². The predicted octanol–water partition coefficient (Wildman–Crippen LogP) is 0.959. The molecule has 60 valence electrons. The van der Waals surface area contributed by atoms with E-state index in [0.717, 1.165) is 0 Å². The molecule has 0 aromatic heterocycles. The van der Waals surface area contributed by atoms with Crippen molar-refractivity contribution in [1.29, 1.82) is 0 Å². The Hall–Kier alpha value is -1.49. The monoisotopic (exact) mass is 178 g/mol. The molecule has 0 amide bonds. The number of phenolic OH excluding ortho intramolecular Hbond substituents is 1. The molecular weight excluding hydrogens is 172 g/mol. The van der Waals surface area contributed by atoms with E-state index in [2.05, 4.69) is 9.84 Å².